The summed E-state index contributed by atoms with van der Waals surface area (Å²) in [5.41, 5.74) is 28.0. The summed E-state index contributed by atoms with van der Waals surface area (Å²) in [6.45, 7) is 39.2. The van der Waals surface area contributed by atoms with Crippen LogP contribution in [0.3, 0.4) is 0 Å². The normalized spacial score (nSPS) is 24.9. The second-order valence-corrected chi connectivity index (χ2v) is 26.0. The Labute approximate surface area is 383 Å². The minimum Gasteiger partial charge on any atom is -0.312 e. The zero-order chi connectivity index (χ0) is 45.1. The highest BCUT2D eigenvalue weighted by molar-refractivity contribution is 6.97. The van der Waals surface area contributed by atoms with Gasteiger partial charge in [-0.3, -0.25) is 0 Å². The lowest BCUT2D eigenvalue weighted by molar-refractivity contribution is 0.331. The zero-order valence-corrected chi connectivity index (χ0v) is 42.1. The summed E-state index contributed by atoms with van der Waals surface area (Å²) in [7, 11) is 0. The quantitative estimate of drug-likeness (QED) is 0.233. The van der Waals surface area contributed by atoms with Gasteiger partial charge in [-0.05, 0) is 182 Å². The van der Waals surface area contributed by atoms with Gasteiger partial charge in [-0.25, -0.2) is 0 Å². The first-order valence-corrected chi connectivity index (χ1v) is 24.8. The van der Waals surface area contributed by atoms with E-state index in [1.807, 2.05) is 0 Å². The molecule has 0 radical (unpaired) electrons. The predicted molar refractivity (Wildman–Crippen MR) is 273 cm³/mol. The van der Waals surface area contributed by atoms with Crippen molar-refractivity contribution in [3.05, 3.63) is 151 Å². The number of hydrogen-bond donors (Lipinski definition) is 0. The van der Waals surface area contributed by atoms with Crippen LogP contribution in [0, 0.1) is 24.2 Å². The predicted octanol–water partition coefficient (Wildman–Crippen LogP) is 15.6. The fourth-order valence-corrected chi connectivity index (χ4v) is 13.2. The lowest BCUT2D eigenvalue weighted by Crippen LogP contribution is -2.48. The molecule has 2 aliphatic heterocycles. The lowest BCUT2D eigenvalue weighted by Gasteiger charge is -2.47. The molecule has 5 aliphatic carbocycles. The SMILES string of the molecule is CC1=CC2=C3B(C4=C(Cc5cc6c(cc54)C(C)(C)CCC6(C)C)C(C4C=CC(C(C)(C)C)=CC4)=CC3C1)c1cc3c(cc1N2c1ccc(C(C)(C)C)cc1C)C(C)(C)CCC3(C)C. The molecule has 0 bridgehead atoms. The van der Waals surface area contributed by atoms with Crippen molar-refractivity contribution in [2.75, 3.05) is 4.90 Å². The van der Waals surface area contributed by atoms with Crippen molar-refractivity contribution in [3.63, 3.8) is 0 Å². The van der Waals surface area contributed by atoms with E-state index in [1.54, 1.807) is 49.9 Å². The number of nitrogens with zero attached hydrogens (tertiary/aromatic N) is 1. The maximum atomic E-state index is 2.82. The van der Waals surface area contributed by atoms with Gasteiger partial charge in [0.25, 0.3) is 0 Å². The van der Waals surface area contributed by atoms with E-state index in [9.17, 15) is 0 Å². The summed E-state index contributed by atoms with van der Waals surface area (Å²) in [4.78, 5) is 2.75. The third-order valence-electron chi connectivity index (χ3n) is 17.5. The average Bonchev–Trinajstić information content (AvgIpc) is 3.49. The fourth-order valence-electron chi connectivity index (χ4n) is 13.2. The standard InChI is InChI=1S/C61H76BN/c1-36-27-40-31-43(38-17-19-41(20-18-38)56(3,4)5)45-30-39-32-46-47(59(11,12)24-23-58(46,9)10)33-44(39)55(45)62-50-34-48-49(61(15,16)26-25-60(48,13)14)35-52(50)63(53(28-36)54(40)62)51-22-21-42(29-37(51)2)57(6,7)8/h17,19-22,28-29,31-35,38,40H,18,23-27,30H2,1-16H3. The van der Waals surface area contributed by atoms with Crippen LogP contribution in [0.5, 0.6) is 0 Å². The van der Waals surface area contributed by atoms with Gasteiger partial charge in [0.05, 0.1) is 0 Å². The molecule has 0 saturated carbocycles. The summed E-state index contributed by atoms with van der Waals surface area (Å²) in [5, 5.41) is 0. The van der Waals surface area contributed by atoms with Crippen molar-refractivity contribution in [2.45, 2.75) is 183 Å². The second-order valence-electron chi connectivity index (χ2n) is 26.0. The number of aryl methyl sites for hydroxylation is 1. The van der Waals surface area contributed by atoms with Crippen LogP contribution in [-0.2, 0) is 33.5 Å². The molecule has 0 spiro atoms. The minimum atomic E-state index is 0.0811. The first kappa shape index (κ1) is 42.9. The van der Waals surface area contributed by atoms with E-state index in [4.69, 9.17) is 0 Å². The smallest absolute Gasteiger partial charge is 0.243 e. The maximum absolute atomic E-state index is 2.82. The Bertz CT molecular complexity index is 2690. The van der Waals surface area contributed by atoms with E-state index in [-0.39, 0.29) is 39.2 Å². The molecule has 328 valence electrons. The number of benzene rings is 3. The summed E-state index contributed by atoms with van der Waals surface area (Å²) in [5.74, 6) is 0.679. The summed E-state index contributed by atoms with van der Waals surface area (Å²) >= 11 is 0. The van der Waals surface area contributed by atoms with Crippen molar-refractivity contribution in [3.8, 4) is 0 Å². The van der Waals surface area contributed by atoms with Gasteiger partial charge in [-0.2, -0.15) is 0 Å². The molecule has 3 aromatic carbocycles. The molecule has 0 fully saturated rings. The average molecular weight is 834 g/mol. The van der Waals surface area contributed by atoms with E-state index < -0.39 is 0 Å². The second kappa shape index (κ2) is 13.7. The van der Waals surface area contributed by atoms with Gasteiger partial charge in [-0.1, -0.05) is 168 Å². The number of anilines is 2. The molecule has 2 unspecified atom stereocenters. The Morgan fingerprint density at radius 1 is 0.667 bits per heavy atom. The Morgan fingerprint density at radius 3 is 1.84 bits per heavy atom. The van der Waals surface area contributed by atoms with Crippen LogP contribution in [-0.4, -0.2) is 6.71 Å². The van der Waals surface area contributed by atoms with Crippen molar-refractivity contribution in [1.29, 1.82) is 0 Å². The molecular weight excluding hydrogens is 757 g/mol. The van der Waals surface area contributed by atoms with Crippen molar-refractivity contribution in [1.82, 2.24) is 0 Å². The largest absolute Gasteiger partial charge is 0.312 e. The molecule has 0 saturated heterocycles. The van der Waals surface area contributed by atoms with Crippen molar-refractivity contribution >= 4 is 29.0 Å². The molecule has 1 nitrogen and oxygen atoms in total. The molecule has 2 heterocycles. The van der Waals surface area contributed by atoms with Crippen LogP contribution in [0.2, 0.25) is 0 Å². The Hall–Kier alpha value is -4.04. The Balaban J connectivity index is 1.31. The van der Waals surface area contributed by atoms with E-state index in [2.05, 4.69) is 189 Å². The third kappa shape index (κ3) is 6.67. The molecule has 0 N–H and O–H groups in total. The number of fused-ring (bicyclic) bond motifs is 7. The Kier molecular flexibility index (Phi) is 9.36. The molecule has 3 aromatic rings. The van der Waals surface area contributed by atoms with Crippen molar-refractivity contribution in [2.24, 2.45) is 17.3 Å². The summed E-state index contributed by atoms with van der Waals surface area (Å²) in [6, 6.07) is 18.3. The van der Waals surface area contributed by atoms with Gasteiger partial charge in [0, 0.05) is 23.0 Å². The highest BCUT2D eigenvalue weighted by atomic mass is 15.2. The molecule has 2 heteroatoms. The number of allylic oxidation sites excluding steroid dienone is 10. The molecule has 0 amide bonds. The van der Waals surface area contributed by atoms with Crippen LogP contribution in [0.25, 0.3) is 5.47 Å². The van der Waals surface area contributed by atoms with Crippen LogP contribution in [0.1, 0.15) is 187 Å². The van der Waals surface area contributed by atoms with Gasteiger partial charge in [0.1, 0.15) is 0 Å². The van der Waals surface area contributed by atoms with E-state index in [0.29, 0.717) is 11.8 Å². The molecule has 10 rings (SSSR count). The van der Waals surface area contributed by atoms with Crippen LogP contribution in [0.15, 0.2) is 106 Å². The van der Waals surface area contributed by atoms with Crippen LogP contribution < -0.4 is 10.4 Å². The van der Waals surface area contributed by atoms with Crippen LogP contribution in [0.4, 0.5) is 11.4 Å². The summed E-state index contributed by atoms with van der Waals surface area (Å²) < 4.78 is 0. The molecule has 2 atom stereocenters. The maximum Gasteiger partial charge on any atom is 0.243 e. The van der Waals surface area contributed by atoms with Crippen molar-refractivity contribution < 1.29 is 0 Å². The Morgan fingerprint density at radius 2 is 1.27 bits per heavy atom. The van der Waals surface area contributed by atoms with E-state index in [1.165, 1.54) is 76.1 Å². The fraction of sp³-hybridized carbons (Fsp3) is 0.508. The first-order valence-electron chi connectivity index (χ1n) is 24.8. The van der Waals surface area contributed by atoms with Gasteiger partial charge in [0.15, 0.2) is 0 Å². The highest BCUT2D eigenvalue weighted by Gasteiger charge is 2.50. The zero-order valence-electron chi connectivity index (χ0n) is 42.1. The monoisotopic (exact) mass is 834 g/mol. The molecular formula is C61H76BN. The molecule has 7 aliphatic rings. The molecule has 0 aromatic heterocycles. The summed E-state index contributed by atoms with van der Waals surface area (Å²) in [6.07, 6.45) is 21.1. The van der Waals surface area contributed by atoms with Gasteiger partial charge >= 0.3 is 0 Å². The third-order valence-corrected chi connectivity index (χ3v) is 17.5. The van der Waals surface area contributed by atoms with Crippen LogP contribution >= 0.6 is 0 Å². The number of rotatable bonds is 2. The molecule has 63 heavy (non-hydrogen) atoms. The minimum absolute atomic E-state index is 0.0811. The topological polar surface area (TPSA) is 3.24 Å². The van der Waals surface area contributed by atoms with E-state index in [0.717, 1.165) is 19.3 Å². The van der Waals surface area contributed by atoms with Gasteiger partial charge < -0.3 is 4.90 Å². The van der Waals surface area contributed by atoms with Gasteiger partial charge in [-0.15, -0.1) is 0 Å². The first-order chi connectivity index (χ1) is 29.3. The highest BCUT2D eigenvalue weighted by Crippen LogP contribution is 2.57. The number of hydrogen-bond acceptors (Lipinski definition) is 1. The van der Waals surface area contributed by atoms with E-state index >= 15 is 0 Å². The van der Waals surface area contributed by atoms with Gasteiger partial charge in [0.2, 0.25) is 6.71 Å². The lowest BCUT2D eigenvalue weighted by atomic mass is 9.30.